The Morgan fingerprint density at radius 2 is 1.76 bits per heavy atom. The number of benzene rings is 2. The van der Waals surface area contributed by atoms with Gasteiger partial charge >= 0.3 is 0 Å². The zero-order valence-corrected chi connectivity index (χ0v) is 14.0. The van der Waals surface area contributed by atoms with Gasteiger partial charge in [0.25, 0.3) is 0 Å². The second kappa shape index (κ2) is 5.73. The van der Waals surface area contributed by atoms with Crippen LogP contribution in [-0.2, 0) is 0 Å². The van der Waals surface area contributed by atoms with Crippen LogP contribution in [0, 0.1) is 11.7 Å². The minimum Gasteiger partial charge on any atom is -0.372 e. The number of piperidine rings is 1. The fraction of sp³-hybridized carbons (Fsp3) is 0.286. The lowest BCUT2D eigenvalue weighted by atomic mass is 9.85. The van der Waals surface area contributed by atoms with Gasteiger partial charge in [-0.2, -0.15) is 0 Å². The van der Waals surface area contributed by atoms with Gasteiger partial charge in [0.1, 0.15) is 5.82 Å². The Labute approximate surface area is 146 Å². The SMILES string of the molecule is Fc1cccc2c1C(C1CCN(c3ccccc3)CC1)n1cncc1-2. The van der Waals surface area contributed by atoms with E-state index in [9.17, 15) is 4.39 Å². The van der Waals surface area contributed by atoms with Crippen LogP contribution in [-0.4, -0.2) is 22.6 Å². The van der Waals surface area contributed by atoms with Crippen molar-refractivity contribution in [3.8, 4) is 11.3 Å². The molecule has 0 N–H and O–H groups in total. The van der Waals surface area contributed by atoms with E-state index in [1.807, 2.05) is 18.6 Å². The van der Waals surface area contributed by atoms with Crippen molar-refractivity contribution in [1.29, 1.82) is 0 Å². The van der Waals surface area contributed by atoms with Crippen LogP contribution in [0.2, 0.25) is 0 Å². The minimum absolute atomic E-state index is 0.0756. The van der Waals surface area contributed by atoms with Crippen LogP contribution in [0.3, 0.4) is 0 Å². The van der Waals surface area contributed by atoms with Crippen molar-refractivity contribution < 1.29 is 4.39 Å². The largest absolute Gasteiger partial charge is 0.372 e. The molecule has 2 aliphatic heterocycles. The zero-order chi connectivity index (χ0) is 16.8. The van der Waals surface area contributed by atoms with E-state index in [2.05, 4.69) is 44.8 Å². The van der Waals surface area contributed by atoms with Crippen molar-refractivity contribution in [2.24, 2.45) is 5.92 Å². The predicted octanol–water partition coefficient (Wildman–Crippen LogP) is 4.51. The molecule has 1 saturated heterocycles. The zero-order valence-electron chi connectivity index (χ0n) is 14.0. The number of nitrogens with zero attached hydrogens (tertiary/aromatic N) is 3. The summed E-state index contributed by atoms with van der Waals surface area (Å²) in [6, 6.07) is 16.0. The quantitative estimate of drug-likeness (QED) is 0.688. The van der Waals surface area contributed by atoms with Crippen molar-refractivity contribution in [3.05, 3.63) is 72.4 Å². The molecule has 0 saturated carbocycles. The van der Waals surface area contributed by atoms with Gasteiger partial charge in [0, 0.05) is 29.9 Å². The summed E-state index contributed by atoms with van der Waals surface area (Å²) in [4.78, 5) is 6.74. The van der Waals surface area contributed by atoms with Gasteiger partial charge in [-0.3, -0.25) is 0 Å². The summed E-state index contributed by atoms with van der Waals surface area (Å²) < 4.78 is 16.8. The molecule has 1 fully saturated rings. The van der Waals surface area contributed by atoms with E-state index in [-0.39, 0.29) is 11.9 Å². The van der Waals surface area contributed by atoms with Gasteiger partial charge in [-0.15, -0.1) is 0 Å². The Balaban J connectivity index is 1.44. The maximum Gasteiger partial charge on any atom is 0.129 e. The number of aromatic nitrogens is 2. The van der Waals surface area contributed by atoms with Gasteiger partial charge < -0.3 is 9.47 Å². The van der Waals surface area contributed by atoms with Crippen molar-refractivity contribution in [2.75, 3.05) is 18.0 Å². The number of halogens is 1. The molecule has 4 heteroatoms. The molecule has 25 heavy (non-hydrogen) atoms. The fourth-order valence-electron chi connectivity index (χ4n) is 4.51. The maximum atomic E-state index is 14.6. The summed E-state index contributed by atoms with van der Waals surface area (Å²) in [7, 11) is 0. The lowest BCUT2D eigenvalue weighted by molar-refractivity contribution is 0.312. The summed E-state index contributed by atoms with van der Waals surface area (Å²) in [6.45, 7) is 2.03. The molecule has 2 aromatic carbocycles. The Bertz CT molecular complexity index is 895. The summed E-state index contributed by atoms with van der Waals surface area (Å²) in [6.07, 6.45) is 5.84. The van der Waals surface area contributed by atoms with Crippen LogP contribution in [0.4, 0.5) is 10.1 Å². The third-order valence-corrected chi connectivity index (χ3v) is 5.70. The topological polar surface area (TPSA) is 21.1 Å². The number of imidazole rings is 1. The van der Waals surface area contributed by atoms with E-state index in [0.29, 0.717) is 5.92 Å². The van der Waals surface area contributed by atoms with Crippen LogP contribution in [0.5, 0.6) is 0 Å². The van der Waals surface area contributed by atoms with E-state index < -0.39 is 0 Å². The molecule has 5 rings (SSSR count). The molecule has 0 spiro atoms. The number of hydrogen-bond donors (Lipinski definition) is 0. The van der Waals surface area contributed by atoms with Gasteiger partial charge in [0.05, 0.1) is 24.3 Å². The Morgan fingerprint density at radius 3 is 2.56 bits per heavy atom. The molecule has 1 atom stereocenters. The molecule has 1 aromatic heterocycles. The molecule has 0 radical (unpaired) electrons. The fourth-order valence-corrected chi connectivity index (χ4v) is 4.51. The molecule has 0 bridgehead atoms. The monoisotopic (exact) mass is 333 g/mol. The first kappa shape index (κ1) is 14.7. The highest BCUT2D eigenvalue weighted by Gasteiger charge is 2.37. The van der Waals surface area contributed by atoms with E-state index in [1.165, 1.54) is 5.69 Å². The number of hydrogen-bond acceptors (Lipinski definition) is 2. The second-order valence-corrected chi connectivity index (χ2v) is 6.99. The first-order valence-electron chi connectivity index (χ1n) is 8.93. The van der Waals surface area contributed by atoms with Crippen molar-refractivity contribution in [2.45, 2.75) is 18.9 Å². The van der Waals surface area contributed by atoms with Gasteiger partial charge in [0.2, 0.25) is 0 Å². The first-order valence-corrected chi connectivity index (χ1v) is 8.93. The van der Waals surface area contributed by atoms with E-state index in [1.54, 1.807) is 12.1 Å². The molecule has 2 aliphatic rings. The van der Waals surface area contributed by atoms with Crippen molar-refractivity contribution in [3.63, 3.8) is 0 Å². The molecular formula is C21H20FN3. The summed E-state index contributed by atoms with van der Waals surface area (Å²) in [5.74, 6) is 0.350. The lowest BCUT2D eigenvalue weighted by Gasteiger charge is -2.37. The van der Waals surface area contributed by atoms with Crippen LogP contribution < -0.4 is 4.90 Å². The highest BCUT2D eigenvalue weighted by atomic mass is 19.1. The normalized spacial score (nSPS) is 19.7. The lowest BCUT2D eigenvalue weighted by Crippen LogP contribution is -2.36. The highest BCUT2D eigenvalue weighted by molar-refractivity contribution is 5.69. The predicted molar refractivity (Wildman–Crippen MR) is 97.1 cm³/mol. The number of para-hydroxylation sites is 1. The average Bonchev–Trinajstić information content (AvgIpc) is 3.24. The molecule has 3 nitrogen and oxygen atoms in total. The van der Waals surface area contributed by atoms with Crippen LogP contribution in [0.15, 0.2) is 61.1 Å². The third kappa shape index (κ3) is 2.28. The number of fused-ring (bicyclic) bond motifs is 3. The minimum atomic E-state index is -0.0864. The highest BCUT2D eigenvalue weighted by Crippen LogP contribution is 2.46. The smallest absolute Gasteiger partial charge is 0.129 e. The molecular weight excluding hydrogens is 313 g/mol. The number of anilines is 1. The van der Waals surface area contributed by atoms with Gasteiger partial charge in [-0.1, -0.05) is 30.3 Å². The third-order valence-electron chi connectivity index (χ3n) is 5.70. The summed E-state index contributed by atoms with van der Waals surface area (Å²) >= 11 is 0. The molecule has 3 heterocycles. The van der Waals surface area contributed by atoms with Crippen LogP contribution in [0.25, 0.3) is 11.3 Å². The summed E-state index contributed by atoms with van der Waals surface area (Å²) in [5.41, 5.74) is 4.19. The van der Waals surface area contributed by atoms with Crippen LogP contribution in [0.1, 0.15) is 24.4 Å². The van der Waals surface area contributed by atoms with Crippen molar-refractivity contribution in [1.82, 2.24) is 9.55 Å². The van der Waals surface area contributed by atoms with Gasteiger partial charge in [-0.05, 0) is 37.0 Å². The number of rotatable bonds is 2. The Hall–Kier alpha value is -2.62. The van der Waals surface area contributed by atoms with E-state index >= 15 is 0 Å². The second-order valence-electron chi connectivity index (χ2n) is 6.99. The standard InChI is InChI=1S/C21H20FN3/c22-18-8-4-7-17-19-13-23-14-25(19)21(20(17)18)15-9-11-24(12-10-15)16-5-2-1-3-6-16/h1-8,13-15,21H,9-12H2. The molecule has 0 aliphatic carbocycles. The molecule has 3 aromatic rings. The van der Waals surface area contributed by atoms with Gasteiger partial charge in [0.15, 0.2) is 0 Å². The Morgan fingerprint density at radius 1 is 0.960 bits per heavy atom. The average molecular weight is 333 g/mol. The van der Waals surface area contributed by atoms with Crippen LogP contribution >= 0.6 is 0 Å². The van der Waals surface area contributed by atoms with Crippen molar-refractivity contribution >= 4 is 5.69 Å². The molecule has 1 unspecified atom stereocenters. The van der Waals surface area contributed by atoms with E-state index in [0.717, 1.165) is 42.8 Å². The first-order chi connectivity index (χ1) is 12.3. The Kier molecular flexibility index (Phi) is 3.37. The maximum absolute atomic E-state index is 14.6. The molecule has 0 amide bonds. The summed E-state index contributed by atoms with van der Waals surface area (Å²) in [5, 5.41) is 0. The molecule has 126 valence electrons. The van der Waals surface area contributed by atoms with E-state index in [4.69, 9.17) is 0 Å². The van der Waals surface area contributed by atoms with Gasteiger partial charge in [-0.25, -0.2) is 9.37 Å².